The molecule has 1 aromatic carbocycles. The van der Waals surface area contributed by atoms with Gasteiger partial charge in [0.05, 0.1) is 5.88 Å². The fourth-order valence-corrected chi connectivity index (χ4v) is 1.93. The summed E-state index contributed by atoms with van der Waals surface area (Å²) >= 11 is 17.4. The van der Waals surface area contributed by atoms with Gasteiger partial charge in [0.1, 0.15) is 5.82 Å². The first-order valence-corrected chi connectivity index (χ1v) is 5.54. The van der Waals surface area contributed by atoms with Gasteiger partial charge < -0.3 is 4.98 Å². The zero-order valence-corrected chi connectivity index (χ0v) is 9.87. The molecule has 15 heavy (non-hydrogen) atoms. The van der Waals surface area contributed by atoms with E-state index < -0.39 is 0 Å². The van der Waals surface area contributed by atoms with E-state index in [1.54, 1.807) is 24.4 Å². The predicted molar refractivity (Wildman–Crippen MR) is 63.6 cm³/mol. The molecule has 0 aliphatic carbocycles. The highest BCUT2D eigenvalue weighted by Gasteiger charge is 2.05. The standard InChI is InChI=1S/C10H7Cl3N2/c11-4-9-5-14-10(15-9)6-1-7(12)3-8(13)2-6/h1-3,5H,4H2,(H,14,15). The molecule has 2 nitrogen and oxygen atoms in total. The van der Waals surface area contributed by atoms with Crippen molar-refractivity contribution in [2.75, 3.05) is 0 Å². The van der Waals surface area contributed by atoms with Crippen molar-refractivity contribution in [2.24, 2.45) is 0 Å². The lowest BCUT2D eigenvalue weighted by molar-refractivity contribution is 1.22. The summed E-state index contributed by atoms with van der Waals surface area (Å²) in [6, 6.07) is 5.27. The van der Waals surface area contributed by atoms with Gasteiger partial charge in [0.15, 0.2) is 0 Å². The normalized spacial score (nSPS) is 10.6. The van der Waals surface area contributed by atoms with Crippen molar-refractivity contribution in [3.05, 3.63) is 40.1 Å². The Morgan fingerprint density at radius 1 is 1.13 bits per heavy atom. The summed E-state index contributed by atoms with van der Waals surface area (Å²) in [6.07, 6.45) is 1.69. The van der Waals surface area contributed by atoms with Gasteiger partial charge in [-0.25, -0.2) is 4.98 Å². The molecule has 2 aromatic rings. The van der Waals surface area contributed by atoms with E-state index in [1.165, 1.54) is 0 Å². The van der Waals surface area contributed by atoms with Gasteiger partial charge in [0, 0.05) is 27.5 Å². The number of nitrogens with zero attached hydrogens (tertiary/aromatic N) is 1. The van der Waals surface area contributed by atoms with Gasteiger partial charge in [-0.15, -0.1) is 11.6 Å². The monoisotopic (exact) mass is 260 g/mol. The van der Waals surface area contributed by atoms with Crippen LogP contribution in [0.5, 0.6) is 0 Å². The second-order valence-corrected chi connectivity index (χ2v) is 4.19. The van der Waals surface area contributed by atoms with Crippen molar-refractivity contribution < 1.29 is 0 Å². The minimum absolute atomic E-state index is 0.404. The van der Waals surface area contributed by atoms with Gasteiger partial charge >= 0.3 is 0 Å². The van der Waals surface area contributed by atoms with Crippen LogP contribution >= 0.6 is 34.8 Å². The number of halogens is 3. The molecule has 0 fully saturated rings. The molecule has 0 spiro atoms. The number of aromatic amines is 1. The number of benzene rings is 1. The number of nitrogens with one attached hydrogen (secondary N) is 1. The summed E-state index contributed by atoms with van der Waals surface area (Å²) in [4.78, 5) is 7.26. The van der Waals surface area contributed by atoms with Crippen molar-refractivity contribution in [2.45, 2.75) is 5.88 Å². The first-order valence-electron chi connectivity index (χ1n) is 4.25. The van der Waals surface area contributed by atoms with Crippen molar-refractivity contribution in [3.8, 4) is 11.4 Å². The quantitative estimate of drug-likeness (QED) is 0.809. The van der Waals surface area contributed by atoms with E-state index in [9.17, 15) is 0 Å². The van der Waals surface area contributed by atoms with Crippen molar-refractivity contribution in [3.63, 3.8) is 0 Å². The lowest BCUT2D eigenvalue weighted by atomic mass is 10.2. The molecule has 0 unspecified atom stereocenters. The predicted octanol–water partition coefficient (Wildman–Crippen LogP) is 4.12. The summed E-state index contributed by atoms with van der Waals surface area (Å²) in [7, 11) is 0. The second kappa shape index (κ2) is 4.44. The molecule has 1 N–H and O–H groups in total. The Kier molecular flexibility index (Phi) is 3.19. The number of H-pyrrole nitrogens is 1. The smallest absolute Gasteiger partial charge is 0.137 e. The average molecular weight is 262 g/mol. The number of hydrogen-bond donors (Lipinski definition) is 1. The summed E-state index contributed by atoms with van der Waals surface area (Å²) in [5.41, 5.74) is 1.71. The molecule has 0 saturated heterocycles. The van der Waals surface area contributed by atoms with Gasteiger partial charge in [-0.3, -0.25) is 0 Å². The molecule has 0 amide bonds. The van der Waals surface area contributed by atoms with E-state index in [-0.39, 0.29) is 0 Å². The van der Waals surface area contributed by atoms with E-state index in [0.717, 1.165) is 17.1 Å². The van der Waals surface area contributed by atoms with Gasteiger partial charge in [-0.2, -0.15) is 0 Å². The van der Waals surface area contributed by atoms with Crippen molar-refractivity contribution >= 4 is 34.8 Å². The number of rotatable bonds is 2. The van der Waals surface area contributed by atoms with Crippen LogP contribution in [-0.4, -0.2) is 9.97 Å². The Bertz CT molecular complexity index is 459. The summed E-state index contributed by atoms with van der Waals surface area (Å²) in [5, 5.41) is 1.17. The Morgan fingerprint density at radius 3 is 2.33 bits per heavy atom. The molecular formula is C10H7Cl3N2. The fourth-order valence-electron chi connectivity index (χ4n) is 1.26. The number of aromatic nitrogens is 2. The Hall–Kier alpha value is -0.700. The van der Waals surface area contributed by atoms with Gasteiger partial charge in [0.25, 0.3) is 0 Å². The molecular weight excluding hydrogens is 254 g/mol. The summed E-state index contributed by atoms with van der Waals surface area (Å²) in [6.45, 7) is 0. The van der Waals surface area contributed by atoms with E-state index in [0.29, 0.717) is 15.9 Å². The molecule has 78 valence electrons. The van der Waals surface area contributed by atoms with Crippen LogP contribution in [0.2, 0.25) is 10.0 Å². The van der Waals surface area contributed by atoms with E-state index in [4.69, 9.17) is 34.8 Å². The first kappa shape index (κ1) is 10.8. The summed E-state index contributed by atoms with van der Waals surface area (Å²) < 4.78 is 0. The van der Waals surface area contributed by atoms with Crippen molar-refractivity contribution in [1.82, 2.24) is 9.97 Å². The molecule has 0 atom stereocenters. The Morgan fingerprint density at radius 2 is 1.80 bits per heavy atom. The third kappa shape index (κ3) is 2.46. The fraction of sp³-hybridized carbons (Fsp3) is 0.100. The minimum atomic E-state index is 0.404. The maximum atomic E-state index is 5.89. The molecule has 5 heteroatoms. The zero-order valence-electron chi connectivity index (χ0n) is 7.60. The molecule has 0 radical (unpaired) electrons. The summed E-state index contributed by atoms with van der Waals surface area (Å²) in [5.74, 6) is 1.12. The topological polar surface area (TPSA) is 28.7 Å². The number of alkyl halides is 1. The van der Waals surface area contributed by atoms with Crippen LogP contribution in [0.25, 0.3) is 11.4 Å². The largest absolute Gasteiger partial charge is 0.341 e. The van der Waals surface area contributed by atoms with Crippen molar-refractivity contribution in [1.29, 1.82) is 0 Å². The third-order valence-corrected chi connectivity index (χ3v) is 2.63. The Labute approximate surface area is 102 Å². The number of imidazole rings is 1. The van der Waals surface area contributed by atoms with Gasteiger partial charge in [-0.1, -0.05) is 23.2 Å². The second-order valence-electron chi connectivity index (χ2n) is 3.05. The van der Waals surface area contributed by atoms with Crippen LogP contribution < -0.4 is 0 Å². The molecule has 0 bridgehead atoms. The van der Waals surface area contributed by atoms with Crippen LogP contribution in [0.4, 0.5) is 0 Å². The maximum Gasteiger partial charge on any atom is 0.137 e. The third-order valence-electron chi connectivity index (χ3n) is 1.91. The zero-order chi connectivity index (χ0) is 10.8. The average Bonchev–Trinajstić information content (AvgIpc) is 2.64. The Balaban J connectivity index is 2.44. The van der Waals surface area contributed by atoms with Crippen LogP contribution in [0.3, 0.4) is 0 Å². The number of hydrogen-bond acceptors (Lipinski definition) is 1. The minimum Gasteiger partial charge on any atom is -0.341 e. The molecule has 0 saturated carbocycles. The molecule has 0 aliphatic heterocycles. The molecule has 1 heterocycles. The van der Waals surface area contributed by atoms with E-state index in [2.05, 4.69) is 9.97 Å². The molecule has 1 aromatic heterocycles. The molecule has 2 rings (SSSR count). The van der Waals surface area contributed by atoms with Crippen LogP contribution in [0, 0.1) is 0 Å². The SMILES string of the molecule is ClCc1cnc(-c2cc(Cl)cc(Cl)c2)[nH]1. The van der Waals surface area contributed by atoms with Gasteiger partial charge in [0.2, 0.25) is 0 Å². The maximum absolute atomic E-state index is 5.89. The van der Waals surface area contributed by atoms with Gasteiger partial charge in [-0.05, 0) is 18.2 Å². The lowest BCUT2D eigenvalue weighted by Gasteiger charge is -1.99. The van der Waals surface area contributed by atoms with Crippen LogP contribution in [-0.2, 0) is 5.88 Å². The highest BCUT2D eigenvalue weighted by molar-refractivity contribution is 6.35. The van der Waals surface area contributed by atoms with E-state index in [1.807, 2.05) is 0 Å². The first-order chi connectivity index (χ1) is 7.19. The van der Waals surface area contributed by atoms with Crippen LogP contribution in [0.1, 0.15) is 5.69 Å². The van der Waals surface area contributed by atoms with Crippen LogP contribution in [0.15, 0.2) is 24.4 Å². The highest BCUT2D eigenvalue weighted by atomic mass is 35.5. The highest BCUT2D eigenvalue weighted by Crippen LogP contribution is 2.25. The molecule has 0 aliphatic rings. The van der Waals surface area contributed by atoms with E-state index >= 15 is 0 Å². The lowest BCUT2D eigenvalue weighted by Crippen LogP contribution is -1.82.